The Kier molecular flexibility index (Phi) is 6.79. The van der Waals surface area contributed by atoms with E-state index in [1.165, 1.54) is 24.1 Å². The molecule has 0 atom stereocenters. The molecule has 0 aliphatic carbocycles. The lowest BCUT2D eigenvalue weighted by atomic mass is 10.2. The van der Waals surface area contributed by atoms with Gasteiger partial charge in [0.15, 0.2) is 18.2 Å². The summed E-state index contributed by atoms with van der Waals surface area (Å²) in [5, 5.41) is 3.71. The Labute approximate surface area is 180 Å². The van der Waals surface area contributed by atoms with Crippen LogP contribution in [0.2, 0.25) is 10.0 Å². The van der Waals surface area contributed by atoms with Gasteiger partial charge >= 0.3 is 5.97 Å². The largest absolute Gasteiger partial charge is 0.461 e. The summed E-state index contributed by atoms with van der Waals surface area (Å²) >= 11 is 13.1. The molecule has 0 aliphatic rings. The van der Waals surface area contributed by atoms with Crippen LogP contribution in [0.4, 0.5) is 5.69 Å². The lowest BCUT2D eigenvalue weighted by Gasteiger charge is -2.11. The average Bonchev–Trinajstić information content (AvgIpc) is 3.22. The third-order valence-corrected chi connectivity index (χ3v) is 4.97. The topological polar surface area (TPSA) is 94.3 Å². The van der Waals surface area contributed by atoms with Crippen molar-refractivity contribution in [3.8, 4) is 11.6 Å². The number of thioether (sulfide) groups is 1. The van der Waals surface area contributed by atoms with Crippen molar-refractivity contribution in [3.05, 3.63) is 57.9 Å². The zero-order valence-electron chi connectivity index (χ0n) is 15.4. The molecule has 7 nitrogen and oxygen atoms in total. The van der Waals surface area contributed by atoms with E-state index in [0.29, 0.717) is 33.0 Å². The fourth-order valence-electron chi connectivity index (χ4n) is 2.43. The van der Waals surface area contributed by atoms with E-state index in [2.05, 4.69) is 15.3 Å². The minimum Gasteiger partial charge on any atom is -0.461 e. The third kappa shape index (κ3) is 5.09. The molecule has 0 saturated carbocycles. The number of hydrogen-bond acceptors (Lipinski definition) is 7. The maximum atomic E-state index is 12.5. The maximum absolute atomic E-state index is 12.5. The summed E-state index contributed by atoms with van der Waals surface area (Å²) in [6, 6.07) is 8.09. The van der Waals surface area contributed by atoms with Crippen LogP contribution in [-0.4, -0.2) is 34.7 Å². The van der Waals surface area contributed by atoms with Gasteiger partial charge in [0.05, 0.1) is 22.7 Å². The van der Waals surface area contributed by atoms with Crippen LogP contribution in [0, 0.1) is 6.92 Å². The number of amides is 1. The molecular formula is C19H15Cl2N3O4S. The van der Waals surface area contributed by atoms with Crippen LogP contribution >= 0.6 is 35.0 Å². The second kappa shape index (κ2) is 9.30. The first-order valence-corrected chi connectivity index (χ1v) is 10.3. The zero-order chi connectivity index (χ0) is 21.0. The molecule has 1 aromatic carbocycles. The number of aromatic nitrogens is 2. The Morgan fingerprint density at radius 3 is 2.69 bits per heavy atom. The first-order valence-electron chi connectivity index (χ1n) is 8.27. The van der Waals surface area contributed by atoms with Gasteiger partial charge in [-0.3, -0.25) is 4.79 Å². The predicted octanol–water partition coefficient (Wildman–Crippen LogP) is 4.87. The number of rotatable bonds is 6. The van der Waals surface area contributed by atoms with Crippen molar-refractivity contribution in [2.75, 3.05) is 18.2 Å². The number of carbonyl (C=O) groups excluding carboxylic acids is 2. The monoisotopic (exact) mass is 451 g/mol. The number of hydrogen-bond donors (Lipinski definition) is 1. The molecule has 150 valence electrons. The van der Waals surface area contributed by atoms with Crippen LogP contribution in [-0.2, 0) is 9.53 Å². The summed E-state index contributed by atoms with van der Waals surface area (Å²) in [5.41, 5.74) is 0.983. The standard InChI is InChI=1S/C19H15Cl2N3O4S/c1-10-16(18(29-2)24-17(22-10)14-4-3-7-27-14)19(26)28-9-15(25)23-13-6-5-11(20)8-12(13)21/h3-8H,9H2,1-2H3,(H,23,25). The van der Waals surface area contributed by atoms with E-state index in [1.807, 2.05) is 0 Å². The fourth-order valence-corrected chi connectivity index (χ4v) is 3.49. The lowest BCUT2D eigenvalue weighted by Crippen LogP contribution is -2.22. The molecular weight excluding hydrogens is 437 g/mol. The van der Waals surface area contributed by atoms with Crippen molar-refractivity contribution in [1.29, 1.82) is 0 Å². The molecule has 3 rings (SSSR count). The van der Waals surface area contributed by atoms with Crippen molar-refractivity contribution in [2.24, 2.45) is 0 Å². The number of benzene rings is 1. The number of ether oxygens (including phenoxy) is 1. The Morgan fingerprint density at radius 2 is 2.03 bits per heavy atom. The number of aryl methyl sites for hydroxylation is 1. The summed E-state index contributed by atoms with van der Waals surface area (Å²) in [5.74, 6) is -0.389. The maximum Gasteiger partial charge on any atom is 0.343 e. The molecule has 2 heterocycles. The third-order valence-electron chi connectivity index (χ3n) is 3.74. The molecule has 29 heavy (non-hydrogen) atoms. The van der Waals surface area contributed by atoms with E-state index < -0.39 is 18.5 Å². The molecule has 0 saturated heterocycles. The van der Waals surface area contributed by atoms with Crippen LogP contribution in [0.1, 0.15) is 16.1 Å². The van der Waals surface area contributed by atoms with Gasteiger partial charge in [0.25, 0.3) is 5.91 Å². The number of halogens is 2. The summed E-state index contributed by atoms with van der Waals surface area (Å²) in [7, 11) is 0. The molecule has 2 aromatic heterocycles. The van der Waals surface area contributed by atoms with Crippen LogP contribution in [0.25, 0.3) is 11.6 Å². The number of esters is 1. The van der Waals surface area contributed by atoms with Gasteiger partial charge < -0.3 is 14.5 Å². The highest BCUT2D eigenvalue weighted by atomic mass is 35.5. The Hall–Kier alpha value is -2.55. The van der Waals surface area contributed by atoms with Crippen molar-refractivity contribution in [1.82, 2.24) is 9.97 Å². The number of furan rings is 1. The van der Waals surface area contributed by atoms with Crippen molar-refractivity contribution >= 4 is 52.5 Å². The smallest absolute Gasteiger partial charge is 0.343 e. The predicted molar refractivity (Wildman–Crippen MR) is 112 cm³/mol. The van der Waals surface area contributed by atoms with Crippen LogP contribution in [0.3, 0.4) is 0 Å². The van der Waals surface area contributed by atoms with Crippen LogP contribution in [0.15, 0.2) is 46.0 Å². The highest BCUT2D eigenvalue weighted by Crippen LogP contribution is 2.27. The van der Waals surface area contributed by atoms with Gasteiger partial charge in [0, 0.05) is 5.02 Å². The van der Waals surface area contributed by atoms with E-state index in [9.17, 15) is 9.59 Å². The summed E-state index contributed by atoms with van der Waals surface area (Å²) < 4.78 is 10.4. The number of anilines is 1. The molecule has 0 fully saturated rings. The Bertz CT molecular complexity index is 1060. The Morgan fingerprint density at radius 1 is 1.24 bits per heavy atom. The lowest BCUT2D eigenvalue weighted by molar-refractivity contribution is -0.119. The van der Waals surface area contributed by atoms with Gasteiger partial charge in [-0.15, -0.1) is 11.8 Å². The van der Waals surface area contributed by atoms with E-state index >= 15 is 0 Å². The van der Waals surface area contributed by atoms with Gasteiger partial charge in [-0.2, -0.15) is 0 Å². The first-order chi connectivity index (χ1) is 13.9. The molecule has 0 bridgehead atoms. The Balaban J connectivity index is 1.71. The van der Waals surface area contributed by atoms with Crippen LogP contribution < -0.4 is 5.32 Å². The molecule has 0 radical (unpaired) electrons. The molecule has 0 spiro atoms. The molecule has 10 heteroatoms. The molecule has 0 unspecified atom stereocenters. The van der Waals surface area contributed by atoms with Gasteiger partial charge in [-0.25, -0.2) is 14.8 Å². The summed E-state index contributed by atoms with van der Waals surface area (Å²) in [6.45, 7) is 1.17. The van der Waals surface area contributed by atoms with E-state index in [-0.39, 0.29) is 10.6 Å². The minimum atomic E-state index is -0.699. The molecule has 0 aliphatic heterocycles. The second-order valence-corrected chi connectivity index (χ2v) is 7.38. The highest BCUT2D eigenvalue weighted by Gasteiger charge is 2.22. The quantitative estimate of drug-likeness (QED) is 0.324. The highest BCUT2D eigenvalue weighted by molar-refractivity contribution is 7.98. The normalized spacial score (nSPS) is 10.6. The number of carbonyl (C=O) groups is 2. The minimum absolute atomic E-state index is 0.199. The van der Waals surface area contributed by atoms with Gasteiger partial charge in [-0.1, -0.05) is 23.2 Å². The van der Waals surface area contributed by atoms with Crippen molar-refractivity contribution in [2.45, 2.75) is 11.9 Å². The van der Waals surface area contributed by atoms with Crippen molar-refractivity contribution in [3.63, 3.8) is 0 Å². The van der Waals surface area contributed by atoms with E-state index in [0.717, 1.165) is 0 Å². The van der Waals surface area contributed by atoms with Crippen LogP contribution in [0.5, 0.6) is 0 Å². The summed E-state index contributed by atoms with van der Waals surface area (Å²) in [6.07, 6.45) is 3.29. The summed E-state index contributed by atoms with van der Waals surface area (Å²) in [4.78, 5) is 33.3. The fraction of sp³-hybridized carbons (Fsp3) is 0.158. The number of nitrogens with zero attached hydrogens (tertiary/aromatic N) is 2. The van der Waals surface area contributed by atoms with Gasteiger partial charge in [0.2, 0.25) is 0 Å². The molecule has 3 aromatic rings. The molecule has 1 N–H and O–H groups in total. The van der Waals surface area contributed by atoms with Crippen molar-refractivity contribution < 1.29 is 18.7 Å². The van der Waals surface area contributed by atoms with E-state index in [4.69, 9.17) is 32.4 Å². The average molecular weight is 452 g/mol. The number of nitrogens with one attached hydrogen (secondary N) is 1. The van der Waals surface area contributed by atoms with E-state index in [1.54, 1.807) is 37.4 Å². The zero-order valence-corrected chi connectivity index (χ0v) is 17.7. The van der Waals surface area contributed by atoms with Gasteiger partial charge in [-0.05, 0) is 43.5 Å². The SMILES string of the molecule is CSc1nc(-c2ccco2)nc(C)c1C(=O)OCC(=O)Nc1ccc(Cl)cc1Cl. The molecule has 1 amide bonds. The van der Waals surface area contributed by atoms with Gasteiger partial charge in [0.1, 0.15) is 10.6 Å². The second-order valence-electron chi connectivity index (χ2n) is 5.74. The first kappa shape index (κ1) is 21.2.